The average molecular weight is 393 g/mol. The highest BCUT2D eigenvalue weighted by Gasteiger charge is 2.08. The number of amides is 1. The Kier molecular flexibility index (Phi) is 6.39. The van der Waals surface area contributed by atoms with Crippen LogP contribution in [0.25, 0.3) is 0 Å². The van der Waals surface area contributed by atoms with Crippen molar-refractivity contribution in [2.75, 3.05) is 23.7 Å². The summed E-state index contributed by atoms with van der Waals surface area (Å²) >= 11 is 0. The van der Waals surface area contributed by atoms with Crippen LogP contribution in [0.2, 0.25) is 0 Å². The van der Waals surface area contributed by atoms with Gasteiger partial charge in [-0.1, -0.05) is 23.8 Å². The lowest BCUT2D eigenvalue weighted by Crippen LogP contribution is -2.29. The Hall–Kier alpha value is -3.48. The number of carbonyl (C=O) groups excluding carboxylic acids is 1. The minimum atomic E-state index is -0.391. The van der Waals surface area contributed by atoms with E-state index < -0.39 is 5.82 Å². The van der Waals surface area contributed by atoms with E-state index in [0.717, 1.165) is 11.4 Å². The predicted octanol–water partition coefficient (Wildman–Crippen LogP) is 4.13. The first-order valence-electron chi connectivity index (χ1n) is 9.38. The first-order chi connectivity index (χ1) is 13.9. The Morgan fingerprint density at radius 3 is 2.45 bits per heavy atom. The molecule has 0 saturated carbocycles. The van der Waals surface area contributed by atoms with Crippen molar-refractivity contribution in [3.05, 3.63) is 76.7 Å². The van der Waals surface area contributed by atoms with E-state index in [4.69, 9.17) is 0 Å². The maximum Gasteiger partial charge on any atom is 0.251 e. The number of benzene rings is 2. The molecule has 7 heteroatoms. The van der Waals surface area contributed by atoms with Crippen LogP contribution in [-0.2, 0) is 0 Å². The molecule has 0 unspecified atom stereocenters. The summed E-state index contributed by atoms with van der Waals surface area (Å²) in [6, 6.07) is 14.3. The molecule has 0 aliphatic heterocycles. The zero-order valence-electron chi connectivity index (χ0n) is 16.7. The highest BCUT2D eigenvalue weighted by molar-refractivity contribution is 5.94. The second-order valence-corrected chi connectivity index (χ2v) is 6.86. The summed E-state index contributed by atoms with van der Waals surface area (Å²) in [4.78, 5) is 20.9. The molecule has 0 atom stereocenters. The fraction of sp³-hybridized carbons (Fsp3) is 0.227. The molecule has 0 aliphatic rings. The highest BCUT2D eigenvalue weighted by Crippen LogP contribution is 2.17. The number of nitrogens with one attached hydrogen (secondary N) is 3. The van der Waals surface area contributed by atoms with Crippen LogP contribution in [0.5, 0.6) is 0 Å². The Morgan fingerprint density at radius 2 is 1.72 bits per heavy atom. The molecule has 0 spiro atoms. The average Bonchev–Trinajstić information content (AvgIpc) is 2.68. The fourth-order valence-electron chi connectivity index (χ4n) is 2.68. The first-order valence-corrected chi connectivity index (χ1v) is 9.38. The van der Waals surface area contributed by atoms with Gasteiger partial charge in [-0.05, 0) is 50.6 Å². The van der Waals surface area contributed by atoms with Crippen molar-refractivity contribution >= 4 is 23.4 Å². The van der Waals surface area contributed by atoms with Crippen molar-refractivity contribution < 1.29 is 9.18 Å². The van der Waals surface area contributed by atoms with Gasteiger partial charge in [0.2, 0.25) is 5.95 Å². The molecular weight excluding hydrogens is 369 g/mol. The number of nitrogens with zero attached hydrogens (tertiary/aromatic N) is 2. The standard InChI is InChI=1S/C22H24FN5O/c1-14-4-8-18(9-5-14)27-20-12-16(3)26-22(28-20)25-11-10-24-21(29)17-7-6-15(2)19(23)13-17/h4-9,12-13H,10-11H2,1-3H3,(H,24,29)(H2,25,26,27,28). The van der Waals surface area contributed by atoms with Gasteiger partial charge in [0.25, 0.3) is 5.91 Å². The Balaban J connectivity index is 1.53. The summed E-state index contributed by atoms with van der Waals surface area (Å²) in [5, 5.41) is 9.10. The topological polar surface area (TPSA) is 78.9 Å². The summed E-state index contributed by atoms with van der Waals surface area (Å²) in [5.74, 6) is 0.438. The largest absolute Gasteiger partial charge is 0.352 e. The molecule has 6 nitrogen and oxygen atoms in total. The van der Waals surface area contributed by atoms with E-state index in [0.29, 0.717) is 36.0 Å². The summed E-state index contributed by atoms with van der Waals surface area (Å²) in [6.45, 7) is 6.38. The number of aryl methyl sites for hydroxylation is 3. The molecule has 0 radical (unpaired) electrons. The minimum Gasteiger partial charge on any atom is -0.352 e. The molecule has 1 heterocycles. The van der Waals surface area contributed by atoms with Gasteiger partial charge in [-0.15, -0.1) is 0 Å². The monoisotopic (exact) mass is 393 g/mol. The van der Waals surface area contributed by atoms with Gasteiger partial charge in [-0.3, -0.25) is 4.79 Å². The third kappa shape index (κ3) is 5.75. The summed E-state index contributed by atoms with van der Waals surface area (Å²) in [5.41, 5.74) is 3.75. The zero-order chi connectivity index (χ0) is 20.8. The number of rotatable bonds is 7. The SMILES string of the molecule is Cc1ccc(Nc2cc(C)nc(NCCNC(=O)c3ccc(C)c(F)c3)n2)cc1. The van der Waals surface area contributed by atoms with E-state index in [9.17, 15) is 9.18 Å². The van der Waals surface area contributed by atoms with Crippen LogP contribution >= 0.6 is 0 Å². The third-order valence-electron chi connectivity index (χ3n) is 4.31. The second kappa shape index (κ2) is 9.14. The van der Waals surface area contributed by atoms with Gasteiger partial charge in [0, 0.05) is 36.1 Å². The van der Waals surface area contributed by atoms with Crippen molar-refractivity contribution in [2.24, 2.45) is 0 Å². The van der Waals surface area contributed by atoms with Gasteiger partial charge in [-0.2, -0.15) is 4.98 Å². The van der Waals surface area contributed by atoms with Crippen molar-refractivity contribution in [3.8, 4) is 0 Å². The molecule has 3 aromatic rings. The molecule has 2 aromatic carbocycles. The van der Waals surface area contributed by atoms with E-state index >= 15 is 0 Å². The fourth-order valence-corrected chi connectivity index (χ4v) is 2.68. The van der Waals surface area contributed by atoms with Crippen LogP contribution in [0.1, 0.15) is 27.2 Å². The first kappa shape index (κ1) is 20.3. The third-order valence-corrected chi connectivity index (χ3v) is 4.31. The normalized spacial score (nSPS) is 10.5. The van der Waals surface area contributed by atoms with E-state index in [1.165, 1.54) is 11.6 Å². The van der Waals surface area contributed by atoms with Gasteiger partial charge in [0.05, 0.1) is 0 Å². The maximum absolute atomic E-state index is 13.6. The molecule has 3 N–H and O–H groups in total. The molecule has 0 saturated heterocycles. The quantitative estimate of drug-likeness (QED) is 0.526. The van der Waals surface area contributed by atoms with Crippen LogP contribution in [0.4, 0.5) is 21.8 Å². The van der Waals surface area contributed by atoms with E-state index in [-0.39, 0.29) is 5.91 Å². The van der Waals surface area contributed by atoms with Gasteiger partial charge in [0.1, 0.15) is 11.6 Å². The number of aromatic nitrogens is 2. The lowest BCUT2D eigenvalue weighted by atomic mass is 10.1. The van der Waals surface area contributed by atoms with Crippen molar-refractivity contribution in [1.29, 1.82) is 0 Å². The molecule has 150 valence electrons. The van der Waals surface area contributed by atoms with Crippen LogP contribution in [0.15, 0.2) is 48.5 Å². The Labute approximate surface area is 169 Å². The molecular formula is C22H24FN5O. The van der Waals surface area contributed by atoms with Crippen molar-refractivity contribution in [1.82, 2.24) is 15.3 Å². The molecule has 1 amide bonds. The molecule has 0 fully saturated rings. The highest BCUT2D eigenvalue weighted by atomic mass is 19.1. The van der Waals surface area contributed by atoms with Crippen LogP contribution < -0.4 is 16.0 Å². The van der Waals surface area contributed by atoms with Gasteiger partial charge in [0.15, 0.2) is 0 Å². The number of hydrogen-bond acceptors (Lipinski definition) is 5. The second-order valence-electron chi connectivity index (χ2n) is 6.86. The number of carbonyl (C=O) groups is 1. The number of halogens is 1. The zero-order valence-corrected chi connectivity index (χ0v) is 16.7. The lowest BCUT2D eigenvalue weighted by Gasteiger charge is -2.11. The van der Waals surface area contributed by atoms with E-state index in [1.807, 2.05) is 44.2 Å². The van der Waals surface area contributed by atoms with Crippen LogP contribution in [-0.4, -0.2) is 29.0 Å². The Morgan fingerprint density at radius 1 is 0.966 bits per heavy atom. The van der Waals surface area contributed by atoms with Gasteiger partial charge < -0.3 is 16.0 Å². The summed E-state index contributed by atoms with van der Waals surface area (Å²) < 4.78 is 13.6. The number of hydrogen-bond donors (Lipinski definition) is 3. The maximum atomic E-state index is 13.6. The number of anilines is 3. The minimum absolute atomic E-state index is 0.296. The van der Waals surface area contributed by atoms with Crippen LogP contribution in [0, 0.1) is 26.6 Å². The molecule has 0 bridgehead atoms. The van der Waals surface area contributed by atoms with Gasteiger partial charge >= 0.3 is 0 Å². The molecule has 3 rings (SSSR count). The molecule has 1 aromatic heterocycles. The summed E-state index contributed by atoms with van der Waals surface area (Å²) in [6.07, 6.45) is 0. The van der Waals surface area contributed by atoms with Crippen molar-refractivity contribution in [2.45, 2.75) is 20.8 Å². The predicted molar refractivity (Wildman–Crippen MR) is 113 cm³/mol. The van der Waals surface area contributed by atoms with E-state index in [1.54, 1.807) is 19.1 Å². The Bertz CT molecular complexity index is 1000. The van der Waals surface area contributed by atoms with Crippen LogP contribution in [0.3, 0.4) is 0 Å². The molecule has 0 aliphatic carbocycles. The summed E-state index contributed by atoms with van der Waals surface area (Å²) in [7, 11) is 0. The smallest absolute Gasteiger partial charge is 0.251 e. The van der Waals surface area contributed by atoms with Gasteiger partial charge in [-0.25, -0.2) is 9.37 Å². The van der Waals surface area contributed by atoms with Crippen molar-refractivity contribution in [3.63, 3.8) is 0 Å². The van der Waals surface area contributed by atoms with E-state index in [2.05, 4.69) is 25.9 Å². The molecule has 29 heavy (non-hydrogen) atoms. The lowest BCUT2D eigenvalue weighted by molar-refractivity contribution is 0.0954.